The molecule has 0 aromatic heterocycles. The lowest BCUT2D eigenvalue weighted by Gasteiger charge is -2.23. The van der Waals surface area contributed by atoms with Crippen molar-refractivity contribution in [1.82, 2.24) is 4.90 Å². The Kier molecular flexibility index (Phi) is 8.30. The highest BCUT2D eigenvalue weighted by Gasteiger charge is 2.41. The van der Waals surface area contributed by atoms with Gasteiger partial charge in [-0.05, 0) is 54.0 Å². The lowest BCUT2D eigenvalue weighted by Crippen LogP contribution is -2.37. The van der Waals surface area contributed by atoms with Crippen molar-refractivity contribution in [2.75, 3.05) is 6.61 Å². The first-order chi connectivity index (χ1) is 17.4. The SMILES string of the molecule is CCOc1cc(/C=C2/SC(=S)N([C@@H](C(=O)O)c3ccccc3)C2=O)ccc1OCc1ccc(Cl)cc1. The molecule has 0 bridgehead atoms. The molecule has 0 spiro atoms. The molecule has 6 nitrogen and oxygen atoms in total. The number of carbonyl (C=O) groups excluding carboxylic acids is 1. The summed E-state index contributed by atoms with van der Waals surface area (Å²) in [4.78, 5) is 26.8. The molecule has 36 heavy (non-hydrogen) atoms. The van der Waals surface area contributed by atoms with Gasteiger partial charge in [0.05, 0.1) is 11.5 Å². The second kappa shape index (κ2) is 11.6. The summed E-state index contributed by atoms with van der Waals surface area (Å²) in [6.45, 7) is 2.64. The Morgan fingerprint density at radius 1 is 1.08 bits per heavy atom. The molecule has 1 N–H and O–H groups in total. The average Bonchev–Trinajstić information content (AvgIpc) is 3.13. The molecule has 184 valence electrons. The number of carboxylic acids is 1. The maximum Gasteiger partial charge on any atom is 0.331 e. The van der Waals surface area contributed by atoms with E-state index < -0.39 is 17.9 Å². The van der Waals surface area contributed by atoms with E-state index in [1.807, 2.05) is 19.1 Å². The van der Waals surface area contributed by atoms with Gasteiger partial charge in [-0.2, -0.15) is 0 Å². The third-order valence-corrected chi connectivity index (χ3v) is 6.89. The maximum atomic E-state index is 13.2. The van der Waals surface area contributed by atoms with E-state index in [0.29, 0.717) is 45.8 Å². The molecule has 1 atom stereocenters. The minimum Gasteiger partial charge on any atom is -0.490 e. The number of hydrogen-bond donors (Lipinski definition) is 1. The monoisotopic (exact) mass is 539 g/mol. The largest absolute Gasteiger partial charge is 0.490 e. The predicted octanol–water partition coefficient (Wildman–Crippen LogP) is 6.34. The molecule has 0 unspecified atom stereocenters. The van der Waals surface area contributed by atoms with E-state index in [2.05, 4.69) is 0 Å². The number of benzene rings is 3. The van der Waals surface area contributed by atoms with Gasteiger partial charge in [-0.25, -0.2) is 4.79 Å². The number of carbonyl (C=O) groups is 2. The molecule has 1 heterocycles. The van der Waals surface area contributed by atoms with Crippen LogP contribution in [0.25, 0.3) is 6.08 Å². The fourth-order valence-electron chi connectivity index (χ4n) is 3.63. The van der Waals surface area contributed by atoms with E-state index in [-0.39, 0.29) is 4.32 Å². The van der Waals surface area contributed by atoms with E-state index in [0.717, 1.165) is 22.2 Å². The first-order valence-corrected chi connectivity index (χ1v) is 12.7. The van der Waals surface area contributed by atoms with E-state index in [9.17, 15) is 14.7 Å². The van der Waals surface area contributed by atoms with Gasteiger partial charge in [0.25, 0.3) is 5.91 Å². The van der Waals surface area contributed by atoms with Crippen LogP contribution < -0.4 is 9.47 Å². The first-order valence-electron chi connectivity index (χ1n) is 11.1. The van der Waals surface area contributed by atoms with Crippen LogP contribution >= 0.6 is 35.6 Å². The molecule has 0 aliphatic carbocycles. The van der Waals surface area contributed by atoms with Crippen LogP contribution in [0.5, 0.6) is 11.5 Å². The summed E-state index contributed by atoms with van der Waals surface area (Å²) < 4.78 is 11.9. The Bertz CT molecular complexity index is 1310. The van der Waals surface area contributed by atoms with Crippen LogP contribution in [0.1, 0.15) is 29.7 Å². The lowest BCUT2D eigenvalue weighted by atomic mass is 10.1. The molecule has 0 radical (unpaired) electrons. The molecule has 1 fully saturated rings. The van der Waals surface area contributed by atoms with Crippen molar-refractivity contribution in [3.05, 3.63) is 99.4 Å². The summed E-state index contributed by atoms with van der Waals surface area (Å²) in [6, 6.07) is 20.1. The number of hydrogen-bond acceptors (Lipinski definition) is 6. The highest BCUT2D eigenvalue weighted by atomic mass is 35.5. The van der Waals surface area contributed by atoms with Gasteiger partial charge in [-0.3, -0.25) is 9.69 Å². The van der Waals surface area contributed by atoms with Gasteiger partial charge in [0.15, 0.2) is 17.5 Å². The van der Waals surface area contributed by atoms with Crippen molar-refractivity contribution in [2.24, 2.45) is 0 Å². The van der Waals surface area contributed by atoms with Crippen LogP contribution in [-0.2, 0) is 16.2 Å². The minimum absolute atomic E-state index is 0.190. The smallest absolute Gasteiger partial charge is 0.331 e. The van der Waals surface area contributed by atoms with Gasteiger partial charge in [0.1, 0.15) is 10.9 Å². The molecular formula is C27H22ClNO5S2. The van der Waals surface area contributed by atoms with Gasteiger partial charge >= 0.3 is 5.97 Å². The highest BCUT2D eigenvalue weighted by Crippen LogP contribution is 2.39. The van der Waals surface area contributed by atoms with Gasteiger partial charge in [-0.1, -0.05) is 84.1 Å². The minimum atomic E-state index is -1.20. The number of halogens is 1. The molecule has 1 aliphatic heterocycles. The van der Waals surface area contributed by atoms with Crippen LogP contribution in [0, 0.1) is 0 Å². The molecule has 1 aliphatic rings. The Hall–Kier alpha value is -3.33. The Morgan fingerprint density at radius 2 is 1.81 bits per heavy atom. The summed E-state index contributed by atoms with van der Waals surface area (Å²) in [6.07, 6.45) is 1.68. The second-order valence-corrected chi connectivity index (χ2v) is 9.87. The third kappa shape index (κ3) is 5.90. The summed E-state index contributed by atoms with van der Waals surface area (Å²) in [5.41, 5.74) is 2.13. The van der Waals surface area contributed by atoms with E-state index in [1.54, 1.807) is 66.7 Å². The molecule has 0 saturated carbocycles. The van der Waals surface area contributed by atoms with Crippen molar-refractivity contribution in [3.63, 3.8) is 0 Å². The van der Waals surface area contributed by atoms with E-state index in [1.165, 1.54) is 0 Å². The van der Waals surface area contributed by atoms with E-state index in [4.69, 9.17) is 33.3 Å². The Morgan fingerprint density at radius 3 is 2.47 bits per heavy atom. The zero-order valence-corrected chi connectivity index (χ0v) is 21.6. The van der Waals surface area contributed by atoms with Crippen molar-refractivity contribution < 1.29 is 24.2 Å². The number of rotatable bonds is 9. The average molecular weight is 540 g/mol. The number of aliphatic carboxylic acids is 1. The molecule has 1 saturated heterocycles. The number of carboxylic acid groups (broad SMARTS) is 1. The van der Waals surface area contributed by atoms with Crippen molar-refractivity contribution in [3.8, 4) is 11.5 Å². The molecule has 3 aromatic carbocycles. The second-order valence-electron chi connectivity index (χ2n) is 7.76. The predicted molar refractivity (Wildman–Crippen MR) is 145 cm³/mol. The van der Waals surface area contributed by atoms with Gasteiger partial charge in [-0.15, -0.1) is 0 Å². The molecule has 9 heteroatoms. The molecule has 1 amide bonds. The molecule has 3 aromatic rings. The third-order valence-electron chi connectivity index (χ3n) is 5.30. The number of thiocarbonyl (C=S) groups is 1. The fourth-order valence-corrected chi connectivity index (χ4v) is 5.07. The zero-order chi connectivity index (χ0) is 25.7. The van der Waals surface area contributed by atoms with Crippen LogP contribution in [0.3, 0.4) is 0 Å². The Balaban J connectivity index is 1.56. The molecular weight excluding hydrogens is 518 g/mol. The van der Waals surface area contributed by atoms with E-state index >= 15 is 0 Å². The van der Waals surface area contributed by atoms with Gasteiger partial charge < -0.3 is 14.6 Å². The normalized spacial score (nSPS) is 15.3. The highest BCUT2D eigenvalue weighted by molar-refractivity contribution is 8.26. The Labute approximate surface area is 223 Å². The van der Waals surface area contributed by atoms with Crippen LogP contribution in [-0.4, -0.2) is 32.8 Å². The summed E-state index contributed by atoms with van der Waals surface area (Å²) in [5.74, 6) is -0.517. The number of amides is 1. The maximum absolute atomic E-state index is 13.2. The summed E-state index contributed by atoms with van der Waals surface area (Å²) >= 11 is 12.4. The zero-order valence-electron chi connectivity index (χ0n) is 19.2. The quantitative estimate of drug-likeness (QED) is 0.251. The van der Waals surface area contributed by atoms with Gasteiger partial charge in [0.2, 0.25) is 0 Å². The summed E-state index contributed by atoms with van der Waals surface area (Å²) in [5, 5.41) is 10.5. The van der Waals surface area contributed by atoms with Crippen LogP contribution in [0.2, 0.25) is 5.02 Å². The fraction of sp³-hybridized carbons (Fsp3) is 0.148. The van der Waals surface area contributed by atoms with Crippen LogP contribution in [0.15, 0.2) is 77.7 Å². The molecule has 4 rings (SSSR count). The van der Waals surface area contributed by atoms with Crippen LogP contribution in [0.4, 0.5) is 0 Å². The number of thioether (sulfide) groups is 1. The number of ether oxygens (including phenoxy) is 2. The van der Waals surface area contributed by atoms with Crippen molar-refractivity contribution in [1.29, 1.82) is 0 Å². The lowest BCUT2D eigenvalue weighted by molar-refractivity contribution is -0.145. The summed E-state index contributed by atoms with van der Waals surface area (Å²) in [7, 11) is 0. The standard InChI is InChI=1S/C27H22ClNO5S2/c1-2-33-22-14-18(10-13-21(22)34-16-17-8-11-20(28)12-9-17)15-23-25(30)29(27(35)36-23)24(26(31)32)19-6-4-3-5-7-19/h3-15,24H,2,16H2,1H3,(H,31,32)/b23-15+/t24-/m1/s1. The van der Waals surface area contributed by atoms with Crippen molar-refractivity contribution in [2.45, 2.75) is 19.6 Å². The number of nitrogens with zero attached hydrogens (tertiary/aromatic N) is 1. The topological polar surface area (TPSA) is 76.1 Å². The van der Waals surface area contributed by atoms with Crippen molar-refractivity contribution >= 4 is 57.9 Å². The van der Waals surface area contributed by atoms with Gasteiger partial charge in [0, 0.05) is 5.02 Å². The first kappa shape index (κ1) is 25.8.